The Kier molecular flexibility index (Phi) is 3.39. The first-order valence-electron chi connectivity index (χ1n) is 5.55. The van der Waals surface area contributed by atoms with Crippen LogP contribution < -0.4 is 5.32 Å². The summed E-state index contributed by atoms with van der Waals surface area (Å²) in [6.45, 7) is 4.03. The molecule has 0 saturated heterocycles. The van der Waals surface area contributed by atoms with Crippen LogP contribution in [0, 0.1) is 13.8 Å². The largest absolute Gasteiger partial charge is 0.321 e. The van der Waals surface area contributed by atoms with Crippen molar-refractivity contribution in [3.8, 4) is 0 Å². The molecule has 1 amide bonds. The monoisotopic (exact) mass is 263 g/mol. The van der Waals surface area contributed by atoms with Crippen LogP contribution in [0.3, 0.4) is 0 Å². The number of amides is 1. The quantitative estimate of drug-likeness (QED) is 0.906. The first-order valence-corrected chi connectivity index (χ1v) is 5.93. The highest BCUT2D eigenvalue weighted by atomic mass is 35.5. The van der Waals surface area contributed by atoms with E-state index in [1.807, 2.05) is 32.0 Å². The van der Waals surface area contributed by atoms with Crippen molar-refractivity contribution in [2.45, 2.75) is 13.8 Å². The van der Waals surface area contributed by atoms with Gasteiger partial charge in [0.1, 0.15) is 5.69 Å². The second-order valence-corrected chi connectivity index (χ2v) is 4.63. The number of hydrogen-bond acceptors (Lipinski definition) is 2. The van der Waals surface area contributed by atoms with E-state index in [1.54, 1.807) is 7.05 Å². The normalized spacial score (nSPS) is 10.4. The Bertz CT molecular complexity index is 585. The fraction of sp³-hybridized carbons (Fsp3) is 0.231. The molecule has 4 nitrogen and oxygen atoms in total. The van der Waals surface area contributed by atoms with E-state index in [0.29, 0.717) is 10.7 Å². The van der Waals surface area contributed by atoms with E-state index in [4.69, 9.17) is 11.6 Å². The van der Waals surface area contributed by atoms with E-state index in [1.165, 1.54) is 16.4 Å². The summed E-state index contributed by atoms with van der Waals surface area (Å²) in [6, 6.07) is 5.76. The molecule has 0 aliphatic heterocycles. The summed E-state index contributed by atoms with van der Waals surface area (Å²) in [5.41, 5.74) is 3.42. The van der Waals surface area contributed by atoms with Gasteiger partial charge in [-0.25, -0.2) is 0 Å². The third kappa shape index (κ3) is 2.38. The van der Waals surface area contributed by atoms with Gasteiger partial charge in [0.25, 0.3) is 5.91 Å². The van der Waals surface area contributed by atoms with Crippen LogP contribution in [0.2, 0.25) is 5.02 Å². The fourth-order valence-electron chi connectivity index (χ4n) is 1.68. The number of nitrogens with one attached hydrogen (secondary N) is 1. The van der Waals surface area contributed by atoms with Crippen molar-refractivity contribution in [2.75, 3.05) is 5.32 Å². The van der Waals surface area contributed by atoms with Gasteiger partial charge in [0.2, 0.25) is 0 Å². The zero-order valence-corrected chi connectivity index (χ0v) is 11.2. The minimum absolute atomic E-state index is 0.261. The van der Waals surface area contributed by atoms with Crippen LogP contribution in [0.4, 0.5) is 5.69 Å². The molecule has 1 aromatic carbocycles. The van der Waals surface area contributed by atoms with Gasteiger partial charge in [-0.15, -0.1) is 0 Å². The molecule has 18 heavy (non-hydrogen) atoms. The third-order valence-electron chi connectivity index (χ3n) is 2.87. The Hall–Kier alpha value is -1.81. The Morgan fingerprint density at radius 1 is 1.33 bits per heavy atom. The van der Waals surface area contributed by atoms with Crippen LogP contribution in [0.15, 0.2) is 24.4 Å². The summed E-state index contributed by atoms with van der Waals surface area (Å²) in [4.78, 5) is 12.1. The molecule has 0 fully saturated rings. The van der Waals surface area contributed by atoms with E-state index < -0.39 is 0 Å². The fourth-order valence-corrected chi connectivity index (χ4v) is 1.93. The molecular weight excluding hydrogens is 250 g/mol. The van der Waals surface area contributed by atoms with Crippen LogP contribution in [0.25, 0.3) is 0 Å². The maximum atomic E-state index is 12.1. The van der Waals surface area contributed by atoms with Crippen LogP contribution in [0.5, 0.6) is 0 Å². The summed E-state index contributed by atoms with van der Waals surface area (Å²) in [7, 11) is 1.68. The summed E-state index contributed by atoms with van der Waals surface area (Å²) in [5, 5.41) is 7.09. The van der Waals surface area contributed by atoms with E-state index in [9.17, 15) is 4.79 Å². The molecule has 1 heterocycles. The van der Waals surface area contributed by atoms with Crippen molar-refractivity contribution in [1.82, 2.24) is 9.78 Å². The molecule has 0 aliphatic rings. The number of aryl methyl sites for hydroxylation is 3. The molecular formula is C13H14ClN3O. The average Bonchev–Trinajstić information content (AvgIpc) is 2.64. The summed E-state index contributed by atoms with van der Waals surface area (Å²) < 4.78 is 1.46. The summed E-state index contributed by atoms with van der Waals surface area (Å²) in [6.07, 6.45) is 1.46. The smallest absolute Gasteiger partial charge is 0.275 e. The van der Waals surface area contributed by atoms with Gasteiger partial charge in [0.15, 0.2) is 0 Å². The number of aromatic nitrogens is 2. The van der Waals surface area contributed by atoms with Crippen molar-refractivity contribution >= 4 is 23.2 Å². The molecule has 94 valence electrons. The summed E-state index contributed by atoms with van der Waals surface area (Å²) >= 11 is 5.92. The van der Waals surface area contributed by atoms with Crippen LogP contribution in [-0.2, 0) is 7.05 Å². The SMILES string of the molecule is Cc1ccc(NC(=O)c2c(Cl)cnn2C)cc1C. The Labute approximate surface area is 111 Å². The van der Waals surface area contributed by atoms with Crippen molar-refractivity contribution in [3.63, 3.8) is 0 Å². The first kappa shape index (κ1) is 12.6. The molecule has 2 rings (SSSR count). The van der Waals surface area contributed by atoms with E-state index in [-0.39, 0.29) is 5.91 Å². The molecule has 0 bridgehead atoms. The van der Waals surface area contributed by atoms with Gasteiger partial charge < -0.3 is 5.32 Å². The Balaban J connectivity index is 2.24. The van der Waals surface area contributed by atoms with Gasteiger partial charge in [-0.3, -0.25) is 9.48 Å². The van der Waals surface area contributed by atoms with Crippen molar-refractivity contribution in [3.05, 3.63) is 46.2 Å². The number of hydrogen-bond donors (Lipinski definition) is 1. The van der Waals surface area contributed by atoms with Crippen molar-refractivity contribution in [2.24, 2.45) is 7.05 Å². The van der Waals surface area contributed by atoms with Crippen molar-refractivity contribution < 1.29 is 4.79 Å². The molecule has 1 aromatic heterocycles. The highest BCUT2D eigenvalue weighted by Crippen LogP contribution is 2.18. The zero-order chi connectivity index (χ0) is 13.3. The molecule has 2 aromatic rings. The number of rotatable bonds is 2. The minimum Gasteiger partial charge on any atom is -0.321 e. The van der Waals surface area contributed by atoms with Gasteiger partial charge in [0, 0.05) is 12.7 Å². The standard InChI is InChI=1S/C13H14ClN3O/c1-8-4-5-10(6-9(8)2)16-13(18)12-11(14)7-15-17(12)3/h4-7H,1-3H3,(H,16,18). The molecule has 0 aliphatic carbocycles. The number of carbonyl (C=O) groups excluding carboxylic acids is 1. The summed E-state index contributed by atoms with van der Waals surface area (Å²) in [5.74, 6) is -0.261. The average molecular weight is 264 g/mol. The minimum atomic E-state index is -0.261. The lowest BCUT2D eigenvalue weighted by atomic mass is 10.1. The predicted octanol–water partition coefficient (Wildman–Crippen LogP) is 2.94. The van der Waals surface area contributed by atoms with Crippen molar-refractivity contribution in [1.29, 1.82) is 0 Å². The number of carbonyl (C=O) groups is 1. The van der Waals surface area contributed by atoms with E-state index in [2.05, 4.69) is 10.4 Å². The van der Waals surface area contributed by atoms with Crippen LogP contribution in [0.1, 0.15) is 21.6 Å². The molecule has 0 radical (unpaired) electrons. The Morgan fingerprint density at radius 2 is 2.06 bits per heavy atom. The molecule has 0 saturated carbocycles. The van der Waals surface area contributed by atoms with E-state index in [0.717, 1.165) is 11.3 Å². The molecule has 1 N–H and O–H groups in total. The lowest BCUT2D eigenvalue weighted by molar-refractivity contribution is 0.101. The van der Waals surface area contributed by atoms with E-state index >= 15 is 0 Å². The third-order valence-corrected chi connectivity index (χ3v) is 3.15. The topological polar surface area (TPSA) is 46.9 Å². The number of anilines is 1. The second-order valence-electron chi connectivity index (χ2n) is 4.22. The first-order chi connectivity index (χ1) is 8.49. The molecule has 0 unspecified atom stereocenters. The molecule has 0 atom stereocenters. The van der Waals surface area contributed by atoms with Crippen LogP contribution in [-0.4, -0.2) is 15.7 Å². The van der Waals surface area contributed by atoms with Gasteiger partial charge in [0.05, 0.1) is 11.2 Å². The van der Waals surface area contributed by atoms with Gasteiger partial charge in [-0.1, -0.05) is 17.7 Å². The number of halogens is 1. The lowest BCUT2D eigenvalue weighted by Crippen LogP contribution is -2.16. The zero-order valence-electron chi connectivity index (χ0n) is 10.5. The van der Waals surface area contributed by atoms with Crippen LogP contribution >= 0.6 is 11.6 Å². The maximum Gasteiger partial charge on any atom is 0.275 e. The van der Waals surface area contributed by atoms with Gasteiger partial charge in [-0.05, 0) is 37.1 Å². The Morgan fingerprint density at radius 3 is 2.61 bits per heavy atom. The molecule has 0 spiro atoms. The number of nitrogens with zero attached hydrogens (tertiary/aromatic N) is 2. The van der Waals surface area contributed by atoms with Gasteiger partial charge in [-0.2, -0.15) is 5.10 Å². The lowest BCUT2D eigenvalue weighted by Gasteiger charge is -2.08. The maximum absolute atomic E-state index is 12.1. The molecule has 5 heteroatoms. The highest BCUT2D eigenvalue weighted by Gasteiger charge is 2.15. The second kappa shape index (κ2) is 4.82. The highest BCUT2D eigenvalue weighted by molar-refractivity contribution is 6.34. The predicted molar refractivity (Wildman–Crippen MR) is 72.1 cm³/mol. The number of benzene rings is 1. The van der Waals surface area contributed by atoms with Gasteiger partial charge >= 0.3 is 0 Å².